The molecular weight excluding hydrogens is 238 g/mol. The number of hydrogen-bond acceptors (Lipinski definition) is 1. The number of rotatable bonds is 1. The van der Waals surface area contributed by atoms with Crippen LogP contribution in [0.4, 0.5) is 23.2 Å². The van der Waals surface area contributed by atoms with Gasteiger partial charge in [0.25, 0.3) is 0 Å². The molecule has 1 rings (SSSR count). The van der Waals surface area contributed by atoms with Crippen LogP contribution in [0.25, 0.3) is 0 Å². The van der Waals surface area contributed by atoms with E-state index in [9.17, 15) is 22.4 Å². The van der Waals surface area contributed by atoms with Gasteiger partial charge in [-0.3, -0.25) is 4.79 Å². The first kappa shape index (κ1) is 15.4. The lowest BCUT2D eigenvalue weighted by Gasteiger charge is -2.12. The predicted octanol–water partition coefficient (Wildman–Crippen LogP) is 3.83. The van der Waals surface area contributed by atoms with E-state index < -0.39 is 29.2 Å². The lowest BCUT2D eigenvalue weighted by Crippen LogP contribution is -2.14. The Kier molecular flexibility index (Phi) is 5.64. The fraction of sp³-hybridized carbons (Fsp3) is 0.364. The number of halogens is 4. The number of benzene rings is 1. The maximum Gasteiger partial charge on any atom is 0.418 e. The molecule has 0 aliphatic carbocycles. The summed E-state index contributed by atoms with van der Waals surface area (Å²) in [6.07, 6.45) is -4.69. The molecule has 17 heavy (non-hydrogen) atoms. The van der Waals surface area contributed by atoms with Gasteiger partial charge in [-0.15, -0.1) is 0 Å². The Morgan fingerprint density at radius 1 is 1.24 bits per heavy atom. The fourth-order valence-electron chi connectivity index (χ4n) is 1.05. The summed E-state index contributed by atoms with van der Waals surface area (Å²) in [6, 6.07) is 2.06. The molecule has 0 saturated carbocycles. The van der Waals surface area contributed by atoms with Crippen molar-refractivity contribution in [1.82, 2.24) is 0 Å². The molecule has 0 fully saturated rings. The molecule has 0 spiro atoms. The van der Waals surface area contributed by atoms with Gasteiger partial charge in [0.05, 0.1) is 11.3 Å². The lowest BCUT2D eigenvalue weighted by molar-refractivity contribution is -0.137. The highest BCUT2D eigenvalue weighted by atomic mass is 19.4. The van der Waals surface area contributed by atoms with Crippen LogP contribution in [0.2, 0.25) is 0 Å². The molecule has 1 aromatic rings. The van der Waals surface area contributed by atoms with E-state index in [0.717, 1.165) is 19.1 Å². The van der Waals surface area contributed by atoms with Crippen LogP contribution in [-0.2, 0) is 11.0 Å². The van der Waals surface area contributed by atoms with E-state index in [1.54, 1.807) is 0 Å². The van der Waals surface area contributed by atoms with E-state index in [2.05, 4.69) is 0 Å². The Morgan fingerprint density at radius 2 is 1.76 bits per heavy atom. The summed E-state index contributed by atoms with van der Waals surface area (Å²) in [4.78, 5) is 10.6. The first-order chi connectivity index (χ1) is 7.80. The van der Waals surface area contributed by atoms with Crippen molar-refractivity contribution in [2.75, 3.05) is 5.32 Å². The topological polar surface area (TPSA) is 29.1 Å². The average molecular weight is 251 g/mol. The Morgan fingerprint density at radius 3 is 2.18 bits per heavy atom. The van der Waals surface area contributed by atoms with Crippen molar-refractivity contribution in [3.63, 3.8) is 0 Å². The van der Waals surface area contributed by atoms with E-state index in [1.807, 2.05) is 19.2 Å². The third kappa shape index (κ3) is 4.84. The van der Waals surface area contributed by atoms with Crippen LogP contribution in [0.5, 0.6) is 0 Å². The fourth-order valence-corrected chi connectivity index (χ4v) is 1.05. The first-order valence-corrected chi connectivity index (χ1v) is 4.95. The van der Waals surface area contributed by atoms with Gasteiger partial charge in [-0.05, 0) is 18.2 Å². The Hall–Kier alpha value is -1.59. The molecule has 0 radical (unpaired) electrons. The van der Waals surface area contributed by atoms with Crippen molar-refractivity contribution in [3.8, 4) is 0 Å². The van der Waals surface area contributed by atoms with E-state index >= 15 is 0 Å². The molecule has 1 aromatic carbocycles. The lowest BCUT2D eigenvalue weighted by atomic mass is 10.1. The van der Waals surface area contributed by atoms with Crippen LogP contribution in [0.3, 0.4) is 0 Å². The number of carbonyl (C=O) groups excluding carboxylic acids is 1. The zero-order valence-corrected chi connectivity index (χ0v) is 9.65. The van der Waals surface area contributed by atoms with Crippen molar-refractivity contribution in [2.45, 2.75) is 26.9 Å². The third-order valence-corrected chi connectivity index (χ3v) is 1.60. The van der Waals surface area contributed by atoms with Crippen LogP contribution in [0, 0.1) is 5.82 Å². The van der Waals surface area contributed by atoms with Crippen molar-refractivity contribution in [1.29, 1.82) is 0 Å². The molecule has 0 aliphatic heterocycles. The zero-order valence-electron chi connectivity index (χ0n) is 9.65. The molecular formula is C11H13F4NO. The van der Waals surface area contributed by atoms with E-state index in [0.29, 0.717) is 6.07 Å². The summed E-state index contributed by atoms with van der Waals surface area (Å²) < 4.78 is 49.7. The van der Waals surface area contributed by atoms with Gasteiger partial charge in [0.2, 0.25) is 5.91 Å². The number of amides is 1. The highest BCUT2D eigenvalue weighted by Gasteiger charge is 2.34. The second-order valence-electron chi connectivity index (χ2n) is 2.87. The number of nitrogens with one attached hydrogen (secondary N) is 1. The van der Waals surface area contributed by atoms with Crippen LogP contribution in [0.15, 0.2) is 18.2 Å². The largest absolute Gasteiger partial charge is 0.418 e. The van der Waals surface area contributed by atoms with E-state index in [4.69, 9.17) is 0 Å². The summed E-state index contributed by atoms with van der Waals surface area (Å²) >= 11 is 0. The van der Waals surface area contributed by atoms with Gasteiger partial charge in [-0.25, -0.2) is 4.39 Å². The van der Waals surface area contributed by atoms with Gasteiger partial charge in [0.1, 0.15) is 5.82 Å². The summed E-state index contributed by atoms with van der Waals surface area (Å²) in [5.74, 6) is -1.65. The minimum atomic E-state index is -4.69. The maximum atomic E-state index is 12.6. The third-order valence-electron chi connectivity index (χ3n) is 1.60. The van der Waals surface area contributed by atoms with Crippen LogP contribution >= 0.6 is 0 Å². The summed E-state index contributed by atoms with van der Waals surface area (Å²) in [5.41, 5.74) is -1.64. The Bertz CT molecular complexity index is 388. The first-order valence-electron chi connectivity index (χ1n) is 4.95. The van der Waals surface area contributed by atoms with Gasteiger partial charge in [0.15, 0.2) is 0 Å². The summed E-state index contributed by atoms with van der Waals surface area (Å²) in [6.45, 7) is 5.07. The highest BCUT2D eigenvalue weighted by molar-refractivity contribution is 5.89. The van der Waals surface area contributed by atoms with Crippen LogP contribution < -0.4 is 5.32 Å². The quantitative estimate of drug-likeness (QED) is 0.755. The molecule has 0 bridgehead atoms. The van der Waals surface area contributed by atoms with Gasteiger partial charge < -0.3 is 5.32 Å². The minimum absolute atomic E-state index is 0.339. The van der Waals surface area contributed by atoms with Crippen LogP contribution in [-0.4, -0.2) is 5.91 Å². The maximum absolute atomic E-state index is 12.6. The summed E-state index contributed by atoms with van der Waals surface area (Å²) in [7, 11) is 0. The molecule has 1 N–H and O–H groups in total. The Balaban J connectivity index is 0.00000121. The standard InChI is InChI=1S/C9H7F4NO.C2H6/c1-5(15)14-8-3-2-6(10)4-7(8)9(11,12)13;1-2/h2-4H,1H3,(H,14,15);1-2H3. The van der Waals surface area contributed by atoms with Gasteiger partial charge in [0, 0.05) is 6.92 Å². The number of carbonyl (C=O) groups is 1. The van der Waals surface area contributed by atoms with Gasteiger partial charge in [-0.2, -0.15) is 13.2 Å². The number of hydrogen-bond donors (Lipinski definition) is 1. The summed E-state index contributed by atoms with van der Waals surface area (Å²) in [5, 5.41) is 1.98. The average Bonchev–Trinajstić information content (AvgIpc) is 2.21. The van der Waals surface area contributed by atoms with E-state index in [1.165, 1.54) is 0 Å². The smallest absolute Gasteiger partial charge is 0.326 e. The monoisotopic (exact) mass is 251 g/mol. The zero-order chi connectivity index (χ0) is 13.6. The van der Waals surface area contributed by atoms with Crippen LogP contribution in [0.1, 0.15) is 26.3 Å². The molecule has 0 saturated heterocycles. The van der Waals surface area contributed by atoms with E-state index in [-0.39, 0.29) is 0 Å². The highest BCUT2D eigenvalue weighted by Crippen LogP contribution is 2.35. The Labute approximate surface area is 96.6 Å². The molecule has 96 valence electrons. The molecule has 0 unspecified atom stereocenters. The van der Waals surface area contributed by atoms with Crippen molar-refractivity contribution < 1.29 is 22.4 Å². The molecule has 0 aliphatic rings. The molecule has 0 atom stereocenters. The SMILES string of the molecule is CC.CC(=O)Nc1ccc(F)cc1C(F)(F)F. The molecule has 0 heterocycles. The minimum Gasteiger partial charge on any atom is -0.326 e. The van der Waals surface area contributed by atoms with Crippen molar-refractivity contribution >= 4 is 11.6 Å². The molecule has 2 nitrogen and oxygen atoms in total. The molecule has 6 heteroatoms. The van der Waals surface area contributed by atoms with Crippen molar-refractivity contribution in [3.05, 3.63) is 29.6 Å². The van der Waals surface area contributed by atoms with Gasteiger partial charge in [-0.1, -0.05) is 13.8 Å². The molecule has 0 aromatic heterocycles. The second-order valence-corrected chi connectivity index (χ2v) is 2.87. The normalized spacial score (nSPS) is 10.3. The number of anilines is 1. The number of alkyl halides is 3. The predicted molar refractivity (Wildman–Crippen MR) is 57.1 cm³/mol. The second kappa shape index (κ2) is 6.22. The molecule has 1 amide bonds. The van der Waals surface area contributed by atoms with Crippen molar-refractivity contribution in [2.24, 2.45) is 0 Å². The van der Waals surface area contributed by atoms with Gasteiger partial charge >= 0.3 is 6.18 Å².